The molecule has 0 heterocycles. The maximum absolute atomic E-state index is 12.9. The number of rotatable bonds is 63. The minimum Gasteiger partial charge on any atom is -0.462 e. The van der Waals surface area contributed by atoms with Crippen molar-refractivity contribution in [1.29, 1.82) is 0 Å². The molecule has 1 unspecified atom stereocenters. The highest BCUT2D eigenvalue weighted by Crippen LogP contribution is 2.18. The topological polar surface area (TPSA) is 78.9 Å². The van der Waals surface area contributed by atoms with Gasteiger partial charge in [0.05, 0.1) is 0 Å². The van der Waals surface area contributed by atoms with Crippen molar-refractivity contribution >= 4 is 17.9 Å². The van der Waals surface area contributed by atoms with Gasteiger partial charge in [-0.25, -0.2) is 0 Å². The van der Waals surface area contributed by atoms with Crippen molar-refractivity contribution in [2.75, 3.05) is 13.2 Å². The van der Waals surface area contributed by atoms with Crippen molar-refractivity contribution < 1.29 is 28.6 Å². The van der Waals surface area contributed by atoms with Gasteiger partial charge >= 0.3 is 17.9 Å². The molecule has 0 saturated carbocycles. The van der Waals surface area contributed by atoms with E-state index in [1.54, 1.807) is 0 Å². The molecule has 0 spiro atoms. The van der Waals surface area contributed by atoms with Crippen LogP contribution in [-0.4, -0.2) is 37.2 Å². The number of carbonyl (C=O) groups is 3. The lowest BCUT2D eigenvalue weighted by Crippen LogP contribution is -2.30. The summed E-state index contributed by atoms with van der Waals surface area (Å²) >= 11 is 0. The number of esters is 3. The monoisotopic (exact) mass is 1080 g/mol. The van der Waals surface area contributed by atoms with Gasteiger partial charge < -0.3 is 14.2 Å². The van der Waals surface area contributed by atoms with Crippen molar-refractivity contribution in [3.8, 4) is 0 Å². The smallest absolute Gasteiger partial charge is 0.306 e. The average molecular weight is 1080 g/mol. The standard InChI is InChI=1S/C71H130O6/c1-4-7-10-13-16-18-20-22-24-26-28-29-30-31-32-33-34-35-36-37-38-39-40-41-43-44-46-48-50-52-55-58-61-64-70(73)76-67-68(66-75-69(72)63-60-57-54-15-12-9-6-3)77-71(74)65-62-59-56-53-51-49-47-45-42-27-25-23-21-19-17-14-11-8-5-2/h17,19-20,22-23,25-26,28,68H,4-16,18,21,24,27,29-67H2,1-3H3/b19-17-,22-20-,25-23-,28-26-. The number of allylic oxidation sites excluding steroid dienone is 8. The first-order chi connectivity index (χ1) is 38.0. The molecule has 6 nitrogen and oxygen atoms in total. The summed E-state index contributed by atoms with van der Waals surface area (Å²) in [6.45, 7) is 6.61. The van der Waals surface area contributed by atoms with Crippen LogP contribution in [0.1, 0.15) is 367 Å². The van der Waals surface area contributed by atoms with E-state index in [0.29, 0.717) is 19.3 Å². The van der Waals surface area contributed by atoms with E-state index in [2.05, 4.69) is 69.4 Å². The summed E-state index contributed by atoms with van der Waals surface area (Å²) in [5.74, 6) is -0.860. The van der Waals surface area contributed by atoms with E-state index in [1.165, 1.54) is 257 Å². The van der Waals surface area contributed by atoms with Gasteiger partial charge in [-0.15, -0.1) is 0 Å². The van der Waals surface area contributed by atoms with Crippen LogP contribution in [0.25, 0.3) is 0 Å². The summed E-state index contributed by atoms with van der Waals surface area (Å²) < 4.78 is 16.9. The molecule has 0 amide bonds. The largest absolute Gasteiger partial charge is 0.462 e. The Morgan fingerprint density at radius 2 is 0.468 bits per heavy atom. The van der Waals surface area contributed by atoms with E-state index in [0.717, 1.165) is 70.6 Å². The SMILES string of the molecule is CCCCC/C=C\C/C=C\CCCCCCCCCCCC(=O)OC(COC(=O)CCCCCCCCC)COC(=O)CCCCCCCCCCCCCCCCCCCCCCC/C=C\C/C=C\CCCCCCC. The Hall–Kier alpha value is -2.63. The lowest BCUT2D eigenvalue weighted by Gasteiger charge is -2.18. The number of ether oxygens (including phenoxy) is 3. The molecule has 0 aliphatic heterocycles. The van der Waals surface area contributed by atoms with Crippen molar-refractivity contribution in [3.05, 3.63) is 48.6 Å². The van der Waals surface area contributed by atoms with E-state index in [-0.39, 0.29) is 31.1 Å². The van der Waals surface area contributed by atoms with E-state index in [4.69, 9.17) is 14.2 Å². The molecule has 0 radical (unpaired) electrons. The van der Waals surface area contributed by atoms with Crippen LogP contribution in [0.4, 0.5) is 0 Å². The molecular formula is C71H130O6. The molecule has 1 atom stereocenters. The molecule has 0 aliphatic rings. The van der Waals surface area contributed by atoms with E-state index in [1.807, 2.05) is 0 Å². The Balaban J connectivity index is 3.98. The van der Waals surface area contributed by atoms with Crippen LogP contribution in [-0.2, 0) is 28.6 Å². The van der Waals surface area contributed by atoms with Gasteiger partial charge in [0, 0.05) is 19.3 Å². The highest BCUT2D eigenvalue weighted by atomic mass is 16.6. The zero-order valence-corrected chi connectivity index (χ0v) is 51.7. The van der Waals surface area contributed by atoms with E-state index < -0.39 is 6.10 Å². The van der Waals surface area contributed by atoms with Gasteiger partial charge in [-0.1, -0.05) is 313 Å². The van der Waals surface area contributed by atoms with E-state index >= 15 is 0 Å². The highest BCUT2D eigenvalue weighted by molar-refractivity contribution is 5.71. The fourth-order valence-corrected chi connectivity index (χ4v) is 10.2. The van der Waals surface area contributed by atoms with Crippen LogP contribution >= 0.6 is 0 Å². The second-order valence-electron chi connectivity index (χ2n) is 23.1. The minimum atomic E-state index is -0.771. The van der Waals surface area contributed by atoms with Crippen LogP contribution in [0, 0.1) is 0 Å². The Labute approximate surface area is 479 Å². The summed E-state index contributed by atoms with van der Waals surface area (Å²) in [5.41, 5.74) is 0. The van der Waals surface area contributed by atoms with Crippen molar-refractivity contribution in [1.82, 2.24) is 0 Å². The lowest BCUT2D eigenvalue weighted by molar-refractivity contribution is -0.167. The van der Waals surface area contributed by atoms with Crippen LogP contribution in [0.3, 0.4) is 0 Å². The molecule has 77 heavy (non-hydrogen) atoms. The third kappa shape index (κ3) is 64.1. The summed E-state index contributed by atoms with van der Waals surface area (Å²) in [6.07, 6.45) is 83.1. The molecule has 0 fully saturated rings. The predicted octanol–water partition coefficient (Wildman–Crippen LogP) is 23.3. The molecule has 450 valence electrons. The first-order valence-corrected chi connectivity index (χ1v) is 34.1. The zero-order chi connectivity index (χ0) is 55.7. The van der Waals surface area contributed by atoms with Crippen LogP contribution in [0.15, 0.2) is 48.6 Å². The maximum Gasteiger partial charge on any atom is 0.306 e. The summed E-state index contributed by atoms with van der Waals surface area (Å²) in [5, 5.41) is 0. The van der Waals surface area contributed by atoms with Crippen molar-refractivity contribution in [2.45, 2.75) is 374 Å². The Morgan fingerprint density at radius 1 is 0.260 bits per heavy atom. The average Bonchev–Trinajstić information content (AvgIpc) is 3.43. The van der Waals surface area contributed by atoms with Crippen LogP contribution < -0.4 is 0 Å². The zero-order valence-electron chi connectivity index (χ0n) is 51.7. The molecule has 0 rings (SSSR count). The quantitative estimate of drug-likeness (QED) is 0.0261. The number of hydrogen-bond donors (Lipinski definition) is 0. The van der Waals surface area contributed by atoms with Crippen LogP contribution in [0.5, 0.6) is 0 Å². The fourth-order valence-electron chi connectivity index (χ4n) is 10.2. The Bertz CT molecular complexity index is 1330. The van der Waals surface area contributed by atoms with E-state index in [9.17, 15) is 14.4 Å². The number of unbranched alkanes of at least 4 members (excludes halogenated alkanes) is 44. The molecule has 0 aromatic heterocycles. The second kappa shape index (κ2) is 65.9. The number of carbonyl (C=O) groups excluding carboxylic acids is 3. The highest BCUT2D eigenvalue weighted by Gasteiger charge is 2.19. The summed E-state index contributed by atoms with van der Waals surface area (Å²) in [7, 11) is 0. The molecule has 0 aromatic carbocycles. The third-order valence-corrected chi connectivity index (χ3v) is 15.3. The lowest BCUT2D eigenvalue weighted by atomic mass is 10.0. The maximum atomic E-state index is 12.9. The predicted molar refractivity (Wildman–Crippen MR) is 335 cm³/mol. The van der Waals surface area contributed by atoms with Gasteiger partial charge in [0.2, 0.25) is 0 Å². The first-order valence-electron chi connectivity index (χ1n) is 34.1. The van der Waals surface area contributed by atoms with Gasteiger partial charge in [-0.3, -0.25) is 14.4 Å². The second-order valence-corrected chi connectivity index (χ2v) is 23.1. The van der Waals surface area contributed by atoms with Gasteiger partial charge in [-0.05, 0) is 83.5 Å². The molecule has 6 heteroatoms. The normalized spacial score (nSPS) is 12.3. The molecule has 0 N–H and O–H groups in total. The van der Waals surface area contributed by atoms with Gasteiger partial charge in [0.25, 0.3) is 0 Å². The van der Waals surface area contributed by atoms with Gasteiger partial charge in [-0.2, -0.15) is 0 Å². The minimum absolute atomic E-state index is 0.0701. The van der Waals surface area contributed by atoms with Gasteiger partial charge in [0.1, 0.15) is 13.2 Å². The van der Waals surface area contributed by atoms with Crippen molar-refractivity contribution in [2.24, 2.45) is 0 Å². The molecule has 0 aliphatic carbocycles. The summed E-state index contributed by atoms with van der Waals surface area (Å²) in [4.78, 5) is 38.1. The molecule has 0 aromatic rings. The first kappa shape index (κ1) is 74.4. The summed E-state index contributed by atoms with van der Waals surface area (Å²) in [6, 6.07) is 0. The van der Waals surface area contributed by atoms with Gasteiger partial charge in [0.15, 0.2) is 6.10 Å². The fraction of sp³-hybridized carbons (Fsp3) is 0.845. The Morgan fingerprint density at radius 3 is 0.740 bits per heavy atom. The third-order valence-electron chi connectivity index (χ3n) is 15.3. The molecule has 0 saturated heterocycles. The van der Waals surface area contributed by atoms with Crippen molar-refractivity contribution in [3.63, 3.8) is 0 Å². The molecule has 0 bridgehead atoms. The molecular weight excluding hydrogens is 949 g/mol. The number of hydrogen-bond acceptors (Lipinski definition) is 6. The Kier molecular flexibility index (Phi) is 63.6. The van der Waals surface area contributed by atoms with Crippen LogP contribution in [0.2, 0.25) is 0 Å².